The molecule has 126 valence electrons. The summed E-state index contributed by atoms with van der Waals surface area (Å²) in [5, 5.41) is 3.78. The Morgan fingerprint density at radius 1 is 1.12 bits per heavy atom. The largest absolute Gasteiger partial charge is 0.493 e. The zero-order valence-corrected chi connectivity index (χ0v) is 13.9. The fraction of sp³-hybridized carbons (Fsp3) is 0.222. The van der Waals surface area contributed by atoms with E-state index in [2.05, 4.69) is 15.3 Å². The van der Waals surface area contributed by atoms with Crippen LogP contribution in [0.1, 0.15) is 24.2 Å². The average molecular weight is 328 g/mol. The van der Waals surface area contributed by atoms with E-state index in [-0.39, 0.29) is 6.10 Å². The van der Waals surface area contributed by atoms with Crippen LogP contribution in [0.2, 0.25) is 0 Å². The van der Waals surface area contributed by atoms with Crippen molar-refractivity contribution in [3.8, 4) is 11.5 Å². The molecule has 6 nitrogen and oxygen atoms in total. The number of carbonyl (C=O) groups is 1. The Bertz CT molecular complexity index is 701. The molecule has 0 spiro atoms. The molecular formula is C18H20N2O4. The number of hydrogen-bond donors (Lipinski definition) is 1. The molecule has 0 radical (unpaired) electrons. The van der Waals surface area contributed by atoms with Gasteiger partial charge in [0.15, 0.2) is 11.5 Å². The van der Waals surface area contributed by atoms with Gasteiger partial charge in [-0.15, -0.1) is 0 Å². The highest BCUT2D eigenvalue weighted by molar-refractivity contribution is 5.82. The lowest BCUT2D eigenvalue weighted by atomic mass is 10.1. The predicted molar refractivity (Wildman–Crippen MR) is 91.6 cm³/mol. The normalized spacial score (nSPS) is 11.8. The van der Waals surface area contributed by atoms with Crippen molar-refractivity contribution in [2.75, 3.05) is 14.2 Å². The zero-order valence-electron chi connectivity index (χ0n) is 13.9. The lowest BCUT2D eigenvalue weighted by Gasteiger charge is -2.17. The predicted octanol–water partition coefficient (Wildman–Crippen LogP) is 3.53. The van der Waals surface area contributed by atoms with Crippen LogP contribution in [0.3, 0.4) is 0 Å². The minimum atomic E-state index is -0.630. The third kappa shape index (κ3) is 4.74. The SMILES string of the molecule is COC(=O)N/N=C\c1ccc(O[C@H](C)c2ccccc2)c(OC)c1. The van der Waals surface area contributed by atoms with Crippen molar-refractivity contribution >= 4 is 12.3 Å². The van der Waals surface area contributed by atoms with Crippen LogP contribution in [0, 0.1) is 0 Å². The molecule has 0 saturated carbocycles. The number of methoxy groups -OCH3 is 2. The van der Waals surface area contributed by atoms with Gasteiger partial charge in [0.05, 0.1) is 20.4 Å². The Morgan fingerprint density at radius 3 is 2.54 bits per heavy atom. The second-order valence-corrected chi connectivity index (χ2v) is 4.94. The highest BCUT2D eigenvalue weighted by Crippen LogP contribution is 2.31. The van der Waals surface area contributed by atoms with Gasteiger partial charge in [0.25, 0.3) is 0 Å². The van der Waals surface area contributed by atoms with Crippen molar-refractivity contribution in [1.82, 2.24) is 5.43 Å². The number of carbonyl (C=O) groups excluding carboxylic acids is 1. The molecule has 1 atom stereocenters. The topological polar surface area (TPSA) is 69.2 Å². The number of ether oxygens (including phenoxy) is 3. The fourth-order valence-electron chi connectivity index (χ4n) is 2.05. The molecule has 0 heterocycles. The molecule has 1 amide bonds. The average Bonchev–Trinajstić information content (AvgIpc) is 2.63. The van der Waals surface area contributed by atoms with Gasteiger partial charge < -0.3 is 14.2 Å². The lowest BCUT2D eigenvalue weighted by molar-refractivity contribution is 0.171. The van der Waals surface area contributed by atoms with E-state index in [4.69, 9.17) is 9.47 Å². The molecule has 0 aliphatic heterocycles. The Morgan fingerprint density at radius 2 is 1.88 bits per heavy atom. The summed E-state index contributed by atoms with van der Waals surface area (Å²) in [5.74, 6) is 1.21. The maximum Gasteiger partial charge on any atom is 0.427 e. The number of hydrogen-bond acceptors (Lipinski definition) is 5. The van der Waals surface area contributed by atoms with Crippen molar-refractivity contribution in [1.29, 1.82) is 0 Å². The quantitative estimate of drug-likeness (QED) is 0.650. The molecule has 24 heavy (non-hydrogen) atoms. The van der Waals surface area contributed by atoms with Gasteiger partial charge in [0.2, 0.25) is 0 Å². The molecule has 2 aromatic rings. The highest BCUT2D eigenvalue weighted by Gasteiger charge is 2.11. The van der Waals surface area contributed by atoms with Crippen LogP contribution in [0.4, 0.5) is 4.79 Å². The van der Waals surface area contributed by atoms with Crippen molar-refractivity contribution in [3.63, 3.8) is 0 Å². The van der Waals surface area contributed by atoms with Crippen LogP contribution in [0.5, 0.6) is 11.5 Å². The summed E-state index contributed by atoms with van der Waals surface area (Å²) in [5.41, 5.74) is 4.05. The van der Waals surface area contributed by atoms with Crippen LogP contribution in [-0.4, -0.2) is 26.5 Å². The summed E-state index contributed by atoms with van der Waals surface area (Å²) in [4.78, 5) is 10.9. The van der Waals surface area contributed by atoms with Crippen LogP contribution in [-0.2, 0) is 4.74 Å². The Hall–Kier alpha value is -3.02. The standard InChI is InChI=1S/C18H20N2O4/c1-13(15-7-5-4-6-8-15)24-16-10-9-14(11-17(16)22-2)12-19-20-18(21)23-3/h4-13H,1-3H3,(H,20,21)/b19-12-/t13-/m1/s1. The Labute approximate surface area is 141 Å². The second-order valence-electron chi connectivity index (χ2n) is 4.94. The first kappa shape index (κ1) is 17.3. The van der Waals surface area contributed by atoms with Crippen molar-refractivity contribution in [2.45, 2.75) is 13.0 Å². The van der Waals surface area contributed by atoms with Crippen LogP contribution in [0.15, 0.2) is 53.6 Å². The van der Waals surface area contributed by atoms with E-state index >= 15 is 0 Å². The molecule has 1 N–H and O–H groups in total. The molecule has 0 aromatic heterocycles. The summed E-state index contributed by atoms with van der Waals surface area (Å²) in [6.07, 6.45) is 0.750. The molecule has 0 aliphatic rings. The number of nitrogens with one attached hydrogen (secondary N) is 1. The first-order chi connectivity index (χ1) is 11.6. The maximum atomic E-state index is 10.9. The van der Waals surface area contributed by atoms with Crippen molar-refractivity contribution < 1.29 is 19.0 Å². The Balaban J connectivity index is 2.10. The van der Waals surface area contributed by atoms with E-state index < -0.39 is 6.09 Å². The second kappa shape index (κ2) is 8.57. The molecule has 6 heteroatoms. The monoisotopic (exact) mass is 328 g/mol. The molecular weight excluding hydrogens is 308 g/mol. The van der Waals surface area contributed by atoms with Crippen molar-refractivity contribution in [3.05, 3.63) is 59.7 Å². The van der Waals surface area contributed by atoms with Crippen LogP contribution < -0.4 is 14.9 Å². The Kier molecular flexibility index (Phi) is 6.19. The number of nitrogens with zero attached hydrogens (tertiary/aromatic N) is 1. The summed E-state index contributed by atoms with van der Waals surface area (Å²) in [6.45, 7) is 1.98. The van der Waals surface area contributed by atoms with Gasteiger partial charge in [-0.2, -0.15) is 5.10 Å². The maximum absolute atomic E-state index is 10.9. The molecule has 2 aromatic carbocycles. The van der Waals surface area contributed by atoms with E-state index in [0.29, 0.717) is 11.5 Å². The molecule has 2 rings (SSSR count). The lowest BCUT2D eigenvalue weighted by Crippen LogP contribution is -2.16. The first-order valence-corrected chi connectivity index (χ1v) is 7.40. The summed E-state index contributed by atoms with van der Waals surface area (Å²) in [7, 11) is 2.84. The van der Waals surface area contributed by atoms with Crippen LogP contribution in [0.25, 0.3) is 0 Å². The smallest absolute Gasteiger partial charge is 0.427 e. The third-order valence-electron chi connectivity index (χ3n) is 3.32. The minimum Gasteiger partial charge on any atom is -0.493 e. The zero-order chi connectivity index (χ0) is 17.4. The van der Waals surface area contributed by atoms with Gasteiger partial charge in [-0.3, -0.25) is 0 Å². The fourth-order valence-corrected chi connectivity index (χ4v) is 2.05. The molecule has 0 saturated heterocycles. The van der Waals surface area contributed by atoms with Crippen molar-refractivity contribution in [2.24, 2.45) is 5.10 Å². The summed E-state index contributed by atoms with van der Waals surface area (Å²) < 4.78 is 15.8. The van der Waals surface area contributed by atoms with E-state index in [1.54, 1.807) is 19.2 Å². The van der Waals surface area contributed by atoms with E-state index in [1.165, 1.54) is 13.3 Å². The minimum absolute atomic E-state index is 0.111. The highest BCUT2D eigenvalue weighted by atomic mass is 16.5. The number of amides is 1. The summed E-state index contributed by atoms with van der Waals surface area (Å²) >= 11 is 0. The van der Waals surface area contributed by atoms with E-state index in [0.717, 1.165) is 11.1 Å². The number of hydrazone groups is 1. The molecule has 0 fully saturated rings. The van der Waals surface area contributed by atoms with Gasteiger partial charge in [0, 0.05) is 0 Å². The number of rotatable bonds is 6. The third-order valence-corrected chi connectivity index (χ3v) is 3.32. The van der Waals surface area contributed by atoms with Gasteiger partial charge in [-0.1, -0.05) is 30.3 Å². The molecule has 0 aliphatic carbocycles. The summed E-state index contributed by atoms with van der Waals surface area (Å²) in [6, 6.07) is 15.3. The van der Waals surface area contributed by atoms with Crippen LogP contribution >= 0.6 is 0 Å². The first-order valence-electron chi connectivity index (χ1n) is 7.40. The van der Waals surface area contributed by atoms with Gasteiger partial charge in [-0.25, -0.2) is 10.2 Å². The van der Waals surface area contributed by atoms with Gasteiger partial charge >= 0.3 is 6.09 Å². The van der Waals surface area contributed by atoms with E-state index in [9.17, 15) is 4.79 Å². The molecule has 0 unspecified atom stereocenters. The van der Waals surface area contributed by atoms with E-state index in [1.807, 2.05) is 43.3 Å². The molecule has 0 bridgehead atoms. The van der Waals surface area contributed by atoms with Gasteiger partial charge in [0.1, 0.15) is 6.10 Å². The van der Waals surface area contributed by atoms with Gasteiger partial charge in [-0.05, 0) is 36.2 Å². The number of benzene rings is 2.